The molecule has 4 nitrogen and oxygen atoms in total. The van der Waals surface area contributed by atoms with Gasteiger partial charge >= 0.3 is 0 Å². The van der Waals surface area contributed by atoms with Crippen LogP contribution in [0.2, 0.25) is 0 Å². The zero-order chi connectivity index (χ0) is 16.3. The van der Waals surface area contributed by atoms with Crippen LogP contribution in [-0.2, 0) is 10.0 Å². The molecule has 0 fully saturated rings. The molecular formula is C15H15F2NO3S. The van der Waals surface area contributed by atoms with E-state index >= 15 is 0 Å². The second-order valence-corrected chi connectivity index (χ2v) is 6.48. The summed E-state index contributed by atoms with van der Waals surface area (Å²) in [5.41, 5.74) is 0.551. The lowest BCUT2D eigenvalue weighted by Crippen LogP contribution is -2.31. The van der Waals surface area contributed by atoms with Crippen LogP contribution in [0.25, 0.3) is 0 Å². The van der Waals surface area contributed by atoms with E-state index in [1.54, 1.807) is 30.3 Å². The zero-order valence-corrected chi connectivity index (χ0v) is 12.6. The number of halogens is 2. The van der Waals surface area contributed by atoms with E-state index in [1.807, 2.05) is 0 Å². The van der Waals surface area contributed by atoms with Gasteiger partial charge in [0.2, 0.25) is 10.0 Å². The van der Waals surface area contributed by atoms with Gasteiger partial charge in [0.05, 0.1) is 12.6 Å². The van der Waals surface area contributed by atoms with Crippen molar-refractivity contribution in [2.24, 2.45) is 0 Å². The smallest absolute Gasteiger partial charge is 0.244 e. The maximum atomic E-state index is 13.8. The Hall–Kier alpha value is -1.83. The summed E-state index contributed by atoms with van der Waals surface area (Å²) in [5, 5.41) is 9.38. The van der Waals surface area contributed by atoms with E-state index in [0.717, 1.165) is 6.07 Å². The molecule has 0 saturated carbocycles. The quantitative estimate of drug-likeness (QED) is 0.885. The molecule has 0 radical (unpaired) electrons. The number of sulfonamides is 1. The standard InChI is InChI=1S/C15H15F2NO3S/c1-10-7-15(13(17)8-12(10)16)22(20,21)18-14(9-19)11-5-3-2-4-6-11/h2-8,14,18-19H,9H2,1H3. The Morgan fingerprint density at radius 2 is 1.77 bits per heavy atom. The predicted octanol–water partition coefficient (Wildman–Crippen LogP) is 2.29. The van der Waals surface area contributed by atoms with Crippen LogP contribution >= 0.6 is 0 Å². The topological polar surface area (TPSA) is 66.4 Å². The monoisotopic (exact) mass is 327 g/mol. The third-order valence-corrected chi connectivity index (χ3v) is 4.67. The van der Waals surface area contributed by atoms with Gasteiger partial charge in [-0.25, -0.2) is 21.9 Å². The van der Waals surface area contributed by atoms with Crippen molar-refractivity contribution in [1.29, 1.82) is 0 Å². The Balaban J connectivity index is 2.37. The molecule has 1 unspecified atom stereocenters. The van der Waals surface area contributed by atoms with Gasteiger partial charge in [-0.05, 0) is 24.1 Å². The fourth-order valence-corrected chi connectivity index (χ4v) is 3.34. The third kappa shape index (κ3) is 3.49. The Bertz CT molecular complexity index is 764. The molecule has 0 aromatic heterocycles. The Morgan fingerprint density at radius 3 is 2.36 bits per heavy atom. The fraction of sp³-hybridized carbons (Fsp3) is 0.200. The highest BCUT2D eigenvalue weighted by Crippen LogP contribution is 2.21. The molecule has 22 heavy (non-hydrogen) atoms. The number of rotatable bonds is 5. The molecule has 0 bridgehead atoms. The number of hydrogen-bond acceptors (Lipinski definition) is 3. The van der Waals surface area contributed by atoms with E-state index in [-0.39, 0.29) is 5.56 Å². The van der Waals surface area contributed by atoms with E-state index < -0.39 is 39.2 Å². The van der Waals surface area contributed by atoms with Gasteiger partial charge < -0.3 is 5.11 Å². The summed E-state index contributed by atoms with van der Waals surface area (Å²) >= 11 is 0. The summed E-state index contributed by atoms with van der Waals surface area (Å²) in [6.07, 6.45) is 0. The van der Waals surface area contributed by atoms with E-state index in [9.17, 15) is 22.3 Å². The largest absolute Gasteiger partial charge is 0.394 e. The molecule has 2 N–H and O–H groups in total. The first kappa shape index (κ1) is 16.5. The summed E-state index contributed by atoms with van der Waals surface area (Å²) in [6.45, 7) is 0.847. The van der Waals surface area contributed by atoms with Crippen molar-refractivity contribution >= 4 is 10.0 Å². The first-order valence-corrected chi connectivity index (χ1v) is 7.97. The molecular weight excluding hydrogens is 312 g/mol. The van der Waals surface area contributed by atoms with Crippen LogP contribution in [-0.4, -0.2) is 20.1 Å². The molecule has 0 saturated heterocycles. The lowest BCUT2D eigenvalue weighted by atomic mass is 10.1. The van der Waals surface area contributed by atoms with Gasteiger partial charge in [-0.15, -0.1) is 0 Å². The maximum absolute atomic E-state index is 13.8. The molecule has 0 aliphatic carbocycles. The van der Waals surface area contributed by atoms with E-state index in [2.05, 4.69) is 4.72 Å². The number of aliphatic hydroxyl groups is 1. The van der Waals surface area contributed by atoms with Crippen molar-refractivity contribution in [2.45, 2.75) is 17.9 Å². The number of nitrogens with one attached hydrogen (secondary N) is 1. The minimum absolute atomic E-state index is 0.0158. The number of aliphatic hydroxyl groups excluding tert-OH is 1. The highest BCUT2D eigenvalue weighted by Gasteiger charge is 2.25. The summed E-state index contributed by atoms with van der Waals surface area (Å²) in [6, 6.07) is 8.92. The molecule has 2 rings (SSSR count). The minimum atomic E-state index is -4.24. The number of aryl methyl sites for hydroxylation is 1. The van der Waals surface area contributed by atoms with Crippen LogP contribution in [0.1, 0.15) is 17.2 Å². The second-order valence-electron chi connectivity index (χ2n) is 4.80. The molecule has 118 valence electrons. The Kier molecular flexibility index (Phi) is 4.90. The van der Waals surface area contributed by atoms with Crippen molar-refractivity contribution in [3.8, 4) is 0 Å². The van der Waals surface area contributed by atoms with Crippen LogP contribution in [0, 0.1) is 18.6 Å². The summed E-state index contributed by atoms with van der Waals surface area (Å²) in [4.78, 5) is -0.652. The van der Waals surface area contributed by atoms with Gasteiger partial charge in [0.25, 0.3) is 0 Å². The highest BCUT2D eigenvalue weighted by molar-refractivity contribution is 7.89. The maximum Gasteiger partial charge on any atom is 0.244 e. The van der Waals surface area contributed by atoms with Crippen molar-refractivity contribution in [2.75, 3.05) is 6.61 Å². The molecule has 0 aliphatic heterocycles. The zero-order valence-electron chi connectivity index (χ0n) is 11.8. The van der Waals surface area contributed by atoms with Gasteiger partial charge in [-0.1, -0.05) is 30.3 Å². The van der Waals surface area contributed by atoms with Crippen LogP contribution < -0.4 is 4.72 Å². The Morgan fingerprint density at radius 1 is 1.14 bits per heavy atom. The fourth-order valence-electron chi connectivity index (χ4n) is 1.98. The minimum Gasteiger partial charge on any atom is -0.394 e. The van der Waals surface area contributed by atoms with Gasteiger partial charge in [0, 0.05) is 6.07 Å². The van der Waals surface area contributed by atoms with Crippen LogP contribution in [0.4, 0.5) is 8.78 Å². The van der Waals surface area contributed by atoms with Crippen molar-refractivity contribution in [3.05, 3.63) is 65.2 Å². The normalized spacial score (nSPS) is 13.1. The summed E-state index contributed by atoms with van der Waals surface area (Å²) in [5.74, 6) is -2.00. The van der Waals surface area contributed by atoms with E-state index in [4.69, 9.17) is 0 Å². The van der Waals surface area contributed by atoms with Gasteiger partial charge in [0.1, 0.15) is 16.5 Å². The van der Waals surface area contributed by atoms with E-state index in [1.165, 1.54) is 6.92 Å². The lowest BCUT2D eigenvalue weighted by Gasteiger charge is -2.17. The van der Waals surface area contributed by atoms with Crippen LogP contribution in [0.5, 0.6) is 0 Å². The Labute approximate surface area is 127 Å². The average Bonchev–Trinajstić information content (AvgIpc) is 2.49. The van der Waals surface area contributed by atoms with Gasteiger partial charge in [0.15, 0.2) is 0 Å². The van der Waals surface area contributed by atoms with Crippen molar-refractivity contribution < 1.29 is 22.3 Å². The molecule has 0 heterocycles. The summed E-state index contributed by atoms with van der Waals surface area (Å²) in [7, 11) is -4.24. The molecule has 0 amide bonds. The van der Waals surface area contributed by atoms with E-state index in [0.29, 0.717) is 11.6 Å². The lowest BCUT2D eigenvalue weighted by molar-refractivity contribution is 0.258. The molecule has 0 aliphatic rings. The van der Waals surface area contributed by atoms with Gasteiger partial charge in [-0.2, -0.15) is 0 Å². The first-order chi connectivity index (χ1) is 10.3. The summed E-state index contributed by atoms with van der Waals surface area (Å²) < 4.78 is 53.8. The van der Waals surface area contributed by atoms with Crippen LogP contribution in [0.3, 0.4) is 0 Å². The average molecular weight is 327 g/mol. The van der Waals surface area contributed by atoms with Crippen molar-refractivity contribution in [3.63, 3.8) is 0 Å². The molecule has 2 aromatic carbocycles. The molecule has 7 heteroatoms. The first-order valence-electron chi connectivity index (χ1n) is 6.49. The second kappa shape index (κ2) is 6.51. The van der Waals surface area contributed by atoms with Crippen LogP contribution in [0.15, 0.2) is 47.4 Å². The predicted molar refractivity (Wildman–Crippen MR) is 77.7 cm³/mol. The van der Waals surface area contributed by atoms with Crippen molar-refractivity contribution in [1.82, 2.24) is 4.72 Å². The highest BCUT2D eigenvalue weighted by atomic mass is 32.2. The molecule has 0 spiro atoms. The molecule has 2 aromatic rings. The number of benzene rings is 2. The SMILES string of the molecule is Cc1cc(S(=O)(=O)NC(CO)c2ccccc2)c(F)cc1F. The molecule has 1 atom stereocenters. The number of hydrogen-bond donors (Lipinski definition) is 2. The van der Waals surface area contributed by atoms with Gasteiger partial charge in [-0.3, -0.25) is 0 Å². The third-order valence-electron chi connectivity index (χ3n) is 3.18.